The summed E-state index contributed by atoms with van der Waals surface area (Å²) in [4.78, 5) is 21.4. The van der Waals surface area contributed by atoms with Crippen molar-refractivity contribution in [2.45, 2.75) is 32.8 Å². The van der Waals surface area contributed by atoms with Crippen LogP contribution >= 0.6 is 12.8 Å². The first kappa shape index (κ1) is 11.3. The molecule has 0 spiro atoms. The minimum Gasteiger partial charge on any atom is -0.455 e. The Morgan fingerprint density at radius 3 is 2.25 bits per heavy atom. The Morgan fingerprint density at radius 1 is 1.42 bits per heavy atom. The lowest BCUT2D eigenvalue weighted by Gasteiger charge is -2.12. The quantitative estimate of drug-likeness (QED) is 0.392. The molecule has 0 aromatic heterocycles. The Morgan fingerprint density at radius 2 is 1.92 bits per heavy atom. The van der Waals surface area contributed by atoms with E-state index in [1.165, 1.54) is 0 Å². The first-order chi connectivity index (χ1) is 5.65. The minimum atomic E-state index is -0.876. The van der Waals surface area contributed by atoms with E-state index in [1.807, 2.05) is 18.6 Å². The fraction of sp³-hybridized carbons (Fsp3) is 0.714. The standard InChI is InChI=1S/C7H13NO3S/c1-3-5(4-2)11-7(10)6(9)8-12/h5,12H,3-4H2,1-2H3,(H,8,9). The summed E-state index contributed by atoms with van der Waals surface area (Å²) in [5, 5.41) is 0. The third-order valence-corrected chi connectivity index (χ3v) is 1.67. The predicted molar refractivity (Wildman–Crippen MR) is 47.6 cm³/mol. The highest BCUT2D eigenvalue weighted by atomic mass is 32.1. The zero-order valence-electron chi connectivity index (χ0n) is 7.16. The van der Waals surface area contributed by atoms with E-state index in [9.17, 15) is 9.59 Å². The lowest BCUT2D eigenvalue weighted by molar-refractivity contribution is -0.158. The van der Waals surface area contributed by atoms with Gasteiger partial charge in [0.05, 0.1) is 0 Å². The number of esters is 1. The molecule has 1 N–H and O–H groups in total. The molecule has 0 rings (SSSR count). The number of thiol groups is 1. The lowest BCUT2D eigenvalue weighted by atomic mass is 10.2. The Hall–Kier alpha value is -0.710. The first-order valence-corrected chi connectivity index (χ1v) is 4.25. The lowest BCUT2D eigenvalue weighted by Crippen LogP contribution is -2.29. The van der Waals surface area contributed by atoms with Crippen molar-refractivity contribution >= 4 is 24.7 Å². The summed E-state index contributed by atoms with van der Waals surface area (Å²) in [6.07, 6.45) is 1.24. The van der Waals surface area contributed by atoms with Gasteiger partial charge in [-0.2, -0.15) is 0 Å². The molecule has 0 saturated carbocycles. The first-order valence-electron chi connectivity index (χ1n) is 3.80. The second-order valence-electron chi connectivity index (χ2n) is 2.28. The summed E-state index contributed by atoms with van der Waals surface area (Å²) in [6, 6.07) is 0. The van der Waals surface area contributed by atoms with E-state index in [0.29, 0.717) is 12.8 Å². The van der Waals surface area contributed by atoms with Gasteiger partial charge in [-0.3, -0.25) is 9.52 Å². The molecule has 12 heavy (non-hydrogen) atoms. The van der Waals surface area contributed by atoms with Crippen LogP contribution in [0.15, 0.2) is 0 Å². The highest BCUT2D eigenvalue weighted by Crippen LogP contribution is 2.02. The van der Waals surface area contributed by atoms with Crippen LogP contribution in [-0.2, 0) is 14.3 Å². The van der Waals surface area contributed by atoms with Gasteiger partial charge < -0.3 is 4.74 Å². The average molecular weight is 191 g/mol. The third kappa shape index (κ3) is 3.61. The van der Waals surface area contributed by atoms with Gasteiger partial charge in [-0.25, -0.2) is 4.79 Å². The van der Waals surface area contributed by atoms with Crippen LogP contribution in [0.1, 0.15) is 26.7 Å². The maximum atomic E-state index is 10.8. The monoisotopic (exact) mass is 191 g/mol. The van der Waals surface area contributed by atoms with Crippen LogP contribution in [0.3, 0.4) is 0 Å². The molecule has 0 fully saturated rings. The van der Waals surface area contributed by atoms with Crippen LogP contribution in [-0.4, -0.2) is 18.0 Å². The molecule has 0 aliphatic rings. The molecule has 0 unspecified atom stereocenters. The molecule has 0 aromatic rings. The molecule has 0 aliphatic carbocycles. The van der Waals surface area contributed by atoms with Crippen LogP contribution in [0.2, 0.25) is 0 Å². The highest BCUT2D eigenvalue weighted by molar-refractivity contribution is 7.78. The summed E-state index contributed by atoms with van der Waals surface area (Å²) in [6.45, 7) is 3.78. The molecule has 0 aromatic carbocycles. The van der Waals surface area contributed by atoms with Gasteiger partial charge in [0.1, 0.15) is 6.10 Å². The summed E-state index contributed by atoms with van der Waals surface area (Å²) >= 11 is 3.44. The zero-order valence-corrected chi connectivity index (χ0v) is 8.06. The molecule has 5 heteroatoms. The number of amides is 1. The number of carbonyl (C=O) groups is 2. The largest absolute Gasteiger partial charge is 0.455 e. The van der Waals surface area contributed by atoms with Crippen molar-refractivity contribution in [1.82, 2.24) is 4.72 Å². The molecule has 0 heterocycles. The second kappa shape index (κ2) is 5.88. The fourth-order valence-corrected chi connectivity index (χ4v) is 0.797. The van der Waals surface area contributed by atoms with Crippen molar-refractivity contribution < 1.29 is 14.3 Å². The Bertz CT molecular complexity index is 168. The van der Waals surface area contributed by atoms with E-state index >= 15 is 0 Å². The number of hydrogen-bond acceptors (Lipinski definition) is 4. The smallest absolute Gasteiger partial charge is 0.397 e. The van der Waals surface area contributed by atoms with Crippen LogP contribution in [0, 0.1) is 0 Å². The van der Waals surface area contributed by atoms with Gasteiger partial charge in [-0.05, 0) is 12.8 Å². The average Bonchev–Trinajstić information content (AvgIpc) is 2.12. The van der Waals surface area contributed by atoms with Gasteiger partial charge in [0.15, 0.2) is 0 Å². The molecule has 0 saturated heterocycles. The highest BCUT2D eigenvalue weighted by Gasteiger charge is 2.17. The van der Waals surface area contributed by atoms with E-state index in [2.05, 4.69) is 12.8 Å². The van der Waals surface area contributed by atoms with Gasteiger partial charge >= 0.3 is 11.9 Å². The van der Waals surface area contributed by atoms with Gasteiger partial charge in [0.2, 0.25) is 0 Å². The molecule has 0 radical (unpaired) electrons. The number of hydrogen-bond donors (Lipinski definition) is 2. The second-order valence-corrected chi connectivity index (χ2v) is 2.51. The zero-order chi connectivity index (χ0) is 9.56. The molecule has 70 valence electrons. The van der Waals surface area contributed by atoms with Crippen molar-refractivity contribution in [2.24, 2.45) is 0 Å². The van der Waals surface area contributed by atoms with Crippen molar-refractivity contribution in [2.75, 3.05) is 0 Å². The number of ether oxygens (including phenoxy) is 1. The van der Waals surface area contributed by atoms with Crippen LogP contribution in [0.4, 0.5) is 0 Å². The van der Waals surface area contributed by atoms with E-state index in [1.54, 1.807) is 0 Å². The van der Waals surface area contributed by atoms with Gasteiger partial charge in [-0.1, -0.05) is 26.7 Å². The van der Waals surface area contributed by atoms with Crippen molar-refractivity contribution in [3.63, 3.8) is 0 Å². The topological polar surface area (TPSA) is 55.4 Å². The van der Waals surface area contributed by atoms with Crippen molar-refractivity contribution in [3.8, 4) is 0 Å². The molecule has 0 aliphatic heterocycles. The van der Waals surface area contributed by atoms with Gasteiger partial charge in [0, 0.05) is 0 Å². The maximum Gasteiger partial charge on any atom is 0.397 e. The fourth-order valence-electron chi connectivity index (χ4n) is 0.706. The molecular formula is C7H13NO3S. The van der Waals surface area contributed by atoms with Gasteiger partial charge in [-0.15, -0.1) is 0 Å². The maximum absolute atomic E-state index is 10.8. The van der Waals surface area contributed by atoms with Crippen molar-refractivity contribution in [1.29, 1.82) is 0 Å². The van der Waals surface area contributed by atoms with E-state index < -0.39 is 11.9 Å². The molecule has 0 atom stereocenters. The number of nitrogens with one attached hydrogen (secondary N) is 1. The van der Waals surface area contributed by atoms with E-state index in [0.717, 1.165) is 0 Å². The van der Waals surface area contributed by atoms with Gasteiger partial charge in [0.25, 0.3) is 0 Å². The van der Waals surface area contributed by atoms with Crippen LogP contribution < -0.4 is 4.72 Å². The van der Waals surface area contributed by atoms with E-state index in [4.69, 9.17) is 4.74 Å². The molecule has 0 bridgehead atoms. The summed E-state index contributed by atoms with van der Waals surface area (Å²) in [5.74, 6) is -1.70. The summed E-state index contributed by atoms with van der Waals surface area (Å²) in [5.41, 5.74) is 0. The Balaban J connectivity index is 3.89. The Kier molecular flexibility index (Phi) is 5.53. The third-order valence-electron chi connectivity index (χ3n) is 1.47. The molecular weight excluding hydrogens is 178 g/mol. The number of carbonyl (C=O) groups excluding carboxylic acids is 2. The minimum absolute atomic E-state index is 0.178. The number of rotatable bonds is 3. The molecule has 4 nitrogen and oxygen atoms in total. The Labute approximate surface area is 77.2 Å². The van der Waals surface area contributed by atoms with Crippen molar-refractivity contribution in [3.05, 3.63) is 0 Å². The van der Waals surface area contributed by atoms with Crippen LogP contribution in [0.25, 0.3) is 0 Å². The molecule has 1 amide bonds. The summed E-state index contributed by atoms with van der Waals surface area (Å²) in [7, 11) is 0. The normalized spacial score (nSPS) is 9.67. The SMILES string of the molecule is CCC(CC)OC(=O)C(=O)NS. The van der Waals surface area contributed by atoms with Crippen LogP contribution in [0.5, 0.6) is 0 Å². The summed E-state index contributed by atoms with van der Waals surface area (Å²) < 4.78 is 6.70. The van der Waals surface area contributed by atoms with E-state index in [-0.39, 0.29) is 6.10 Å². The predicted octanol–water partition coefficient (Wildman–Crippen LogP) is 0.679.